The monoisotopic (exact) mass is 340 g/mol. The molecule has 1 aromatic carbocycles. The number of sulfonamides is 1. The molecule has 1 unspecified atom stereocenters. The molecule has 0 aliphatic carbocycles. The number of esters is 1. The Balaban J connectivity index is 2.35. The Morgan fingerprint density at radius 3 is 2.83 bits per heavy atom. The SMILES string of the molecule is CCOC(=O)c1ccc(C)c(S(=O)(=O)N2CCCC(NC)C2)c1. The minimum absolute atomic E-state index is 0.159. The van der Waals surface area contributed by atoms with Crippen molar-refractivity contribution in [2.75, 3.05) is 26.7 Å². The molecule has 2 rings (SSSR count). The Morgan fingerprint density at radius 2 is 2.17 bits per heavy atom. The van der Waals surface area contributed by atoms with Gasteiger partial charge in [-0.2, -0.15) is 4.31 Å². The number of piperidine rings is 1. The summed E-state index contributed by atoms with van der Waals surface area (Å²) in [5.41, 5.74) is 0.892. The predicted molar refractivity (Wildman–Crippen MR) is 88.0 cm³/mol. The van der Waals surface area contributed by atoms with Crippen LogP contribution in [0.15, 0.2) is 23.1 Å². The van der Waals surface area contributed by atoms with Gasteiger partial charge in [-0.05, 0) is 51.4 Å². The van der Waals surface area contributed by atoms with Gasteiger partial charge in [-0.1, -0.05) is 6.07 Å². The summed E-state index contributed by atoms with van der Waals surface area (Å²) in [5, 5.41) is 3.14. The van der Waals surface area contributed by atoms with Crippen molar-refractivity contribution in [3.63, 3.8) is 0 Å². The van der Waals surface area contributed by atoms with Crippen LogP contribution < -0.4 is 5.32 Å². The predicted octanol–water partition coefficient (Wildman–Crippen LogP) is 1.54. The van der Waals surface area contributed by atoms with Crippen LogP contribution >= 0.6 is 0 Å². The molecule has 1 fully saturated rings. The lowest BCUT2D eigenvalue weighted by atomic mass is 10.1. The van der Waals surface area contributed by atoms with Crippen LogP contribution in [0.2, 0.25) is 0 Å². The highest BCUT2D eigenvalue weighted by Gasteiger charge is 2.31. The van der Waals surface area contributed by atoms with Gasteiger partial charge in [0.1, 0.15) is 0 Å². The number of nitrogens with zero attached hydrogens (tertiary/aromatic N) is 1. The second kappa shape index (κ2) is 7.42. The van der Waals surface area contributed by atoms with E-state index in [0.717, 1.165) is 12.8 Å². The van der Waals surface area contributed by atoms with E-state index < -0.39 is 16.0 Å². The van der Waals surface area contributed by atoms with E-state index in [1.54, 1.807) is 26.0 Å². The summed E-state index contributed by atoms with van der Waals surface area (Å²) in [6.45, 7) is 4.66. The van der Waals surface area contributed by atoms with Gasteiger partial charge in [0, 0.05) is 19.1 Å². The van der Waals surface area contributed by atoms with E-state index in [1.807, 2.05) is 7.05 Å². The van der Waals surface area contributed by atoms with Crippen molar-refractivity contribution in [2.45, 2.75) is 37.6 Å². The average Bonchev–Trinajstić information content (AvgIpc) is 2.55. The number of carbonyl (C=O) groups excluding carboxylic acids is 1. The third-order valence-corrected chi connectivity index (χ3v) is 6.12. The number of likely N-dealkylation sites (N-methyl/N-ethyl adjacent to an activating group) is 1. The molecule has 0 aromatic heterocycles. The highest BCUT2D eigenvalue weighted by Crippen LogP contribution is 2.24. The number of nitrogens with one attached hydrogen (secondary N) is 1. The Morgan fingerprint density at radius 1 is 1.43 bits per heavy atom. The molecule has 1 N–H and O–H groups in total. The van der Waals surface area contributed by atoms with Gasteiger partial charge in [0.25, 0.3) is 0 Å². The molecule has 7 heteroatoms. The lowest BCUT2D eigenvalue weighted by molar-refractivity contribution is 0.0526. The summed E-state index contributed by atoms with van der Waals surface area (Å²) in [7, 11) is -1.78. The Kier molecular flexibility index (Phi) is 5.78. The molecule has 0 amide bonds. The van der Waals surface area contributed by atoms with E-state index in [-0.39, 0.29) is 23.1 Å². The van der Waals surface area contributed by atoms with Crippen LogP contribution in [0.3, 0.4) is 0 Å². The molecule has 0 radical (unpaired) electrons. The second-order valence-electron chi connectivity index (χ2n) is 5.69. The highest BCUT2D eigenvalue weighted by atomic mass is 32.2. The number of carbonyl (C=O) groups is 1. The van der Waals surface area contributed by atoms with E-state index >= 15 is 0 Å². The highest BCUT2D eigenvalue weighted by molar-refractivity contribution is 7.89. The molecular formula is C16H24N2O4S. The Hall–Kier alpha value is -1.44. The van der Waals surface area contributed by atoms with Crippen LogP contribution in [0, 0.1) is 6.92 Å². The van der Waals surface area contributed by atoms with Crippen molar-refractivity contribution in [1.29, 1.82) is 0 Å². The van der Waals surface area contributed by atoms with Crippen LogP contribution in [0.1, 0.15) is 35.7 Å². The number of hydrogen-bond acceptors (Lipinski definition) is 5. The van der Waals surface area contributed by atoms with Gasteiger partial charge in [-0.15, -0.1) is 0 Å². The Bertz CT molecular complexity index is 673. The molecule has 0 saturated carbocycles. The van der Waals surface area contributed by atoms with Crippen LogP contribution in [-0.4, -0.2) is 51.5 Å². The topological polar surface area (TPSA) is 75.7 Å². The third-order valence-electron chi connectivity index (χ3n) is 4.11. The van der Waals surface area contributed by atoms with Crippen molar-refractivity contribution < 1.29 is 17.9 Å². The third kappa shape index (κ3) is 3.91. The first-order valence-corrected chi connectivity index (χ1v) is 9.29. The fourth-order valence-electron chi connectivity index (χ4n) is 2.75. The van der Waals surface area contributed by atoms with Crippen molar-refractivity contribution in [1.82, 2.24) is 9.62 Å². The molecule has 1 aromatic rings. The second-order valence-corrected chi connectivity index (χ2v) is 7.60. The summed E-state index contributed by atoms with van der Waals surface area (Å²) in [6, 6.07) is 4.83. The van der Waals surface area contributed by atoms with Crippen molar-refractivity contribution in [3.05, 3.63) is 29.3 Å². The molecule has 6 nitrogen and oxygen atoms in total. The molecule has 0 bridgehead atoms. The first-order chi connectivity index (χ1) is 10.9. The maximum atomic E-state index is 12.9. The number of benzene rings is 1. The first-order valence-electron chi connectivity index (χ1n) is 7.85. The number of rotatable bonds is 5. The molecular weight excluding hydrogens is 316 g/mol. The maximum Gasteiger partial charge on any atom is 0.338 e. The van der Waals surface area contributed by atoms with E-state index in [2.05, 4.69) is 5.32 Å². The molecule has 0 spiro atoms. The summed E-state index contributed by atoms with van der Waals surface area (Å²) in [5.74, 6) is -0.504. The number of hydrogen-bond donors (Lipinski definition) is 1. The molecule has 23 heavy (non-hydrogen) atoms. The zero-order valence-corrected chi connectivity index (χ0v) is 14.6. The molecule has 1 atom stereocenters. The van der Waals surface area contributed by atoms with Crippen molar-refractivity contribution >= 4 is 16.0 Å². The molecule has 1 heterocycles. The summed E-state index contributed by atoms with van der Waals surface area (Å²) in [6.07, 6.45) is 1.78. The Labute approximate surface area is 137 Å². The number of ether oxygens (including phenoxy) is 1. The minimum atomic E-state index is -3.62. The zero-order chi connectivity index (χ0) is 17.0. The van der Waals surface area contributed by atoms with Gasteiger partial charge in [-0.3, -0.25) is 0 Å². The van der Waals surface area contributed by atoms with Gasteiger partial charge in [0.2, 0.25) is 10.0 Å². The summed E-state index contributed by atoms with van der Waals surface area (Å²) >= 11 is 0. The standard InChI is InChI=1S/C16H24N2O4S/c1-4-22-16(19)13-8-7-12(2)15(10-13)23(20,21)18-9-5-6-14(11-18)17-3/h7-8,10,14,17H,4-6,9,11H2,1-3H3. The largest absolute Gasteiger partial charge is 0.462 e. The fraction of sp³-hybridized carbons (Fsp3) is 0.562. The number of aryl methyl sites for hydroxylation is 1. The minimum Gasteiger partial charge on any atom is -0.462 e. The van der Waals surface area contributed by atoms with Gasteiger partial charge in [0.15, 0.2) is 0 Å². The van der Waals surface area contributed by atoms with Crippen LogP contribution in [0.4, 0.5) is 0 Å². The first kappa shape index (κ1) is 17.9. The molecule has 128 valence electrons. The molecule has 1 aliphatic heterocycles. The molecule has 1 aliphatic rings. The van der Waals surface area contributed by atoms with Gasteiger partial charge in [0.05, 0.1) is 17.1 Å². The summed E-state index contributed by atoms with van der Waals surface area (Å²) in [4.78, 5) is 12.0. The average molecular weight is 340 g/mol. The quantitative estimate of drug-likeness (QED) is 0.823. The van der Waals surface area contributed by atoms with Crippen LogP contribution in [0.5, 0.6) is 0 Å². The van der Waals surface area contributed by atoms with E-state index in [1.165, 1.54) is 10.4 Å². The van der Waals surface area contributed by atoms with E-state index in [9.17, 15) is 13.2 Å². The van der Waals surface area contributed by atoms with Gasteiger partial charge < -0.3 is 10.1 Å². The smallest absolute Gasteiger partial charge is 0.338 e. The lowest BCUT2D eigenvalue weighted by Crippen LogP contribution is -2.47. The normalized spacial score (nSPS) is 19.5. The van der Waals surface area contributed by atoms with Crippen molar-refractivity contribution in [2.24, 2.45) is 0 Å². The maximum absolute atomic E-state index is 12.9. The van der Waals surface area contributed by atoms with Gasteiger partial charge in [-0.25, -0.2) is 13.2 Å². The lowest BCUT2D eigenvalue weighted by Gasteiger charge is -2.32. The van der Waals surface area contributed by atoms with Gasteiger partial charge >= 0.3 is 5.97 Å². The van der Waals surface area contributed by atoms with Crippen molar-refractivity contribution in [3.8, 4) is 0 Å². The van der Waals surface area contributed by atoms with Crippen LogP contribution in [0.25, 0.3) is 0 Å². The van der Waals surface area contributed by atoms with E-state index in [4.69, 9.17) is 4.74 Å². The zero-order valence-electron chi connectivity index (χ0n) is 13.8. The van der Waals surface area contributed by atoms with Crippen LogP contribution in [-0.2, 0) is 14.8 Å². The van der Waals surface area contributed by atoms with E-state index in [0.29, 0.717) is 18.7 Å². The summed E-state index contributed by atoms with van der Waals surface area (Å²) < 4.78 is 32.3. The fourth-order valence-corrected chi connectivity index (χ4v) is 4.53. The molecule has 1 saturated heterocycles.